The largest absolute Gasteiger partial charge is 0.0622 e. The number of rotatable bonds is 2. The Hall–Kier alpha value is -3.38. The Labute approximate surface area is 166 Å². The van der Waals surface area contributed by atoms with Crippen LogP contribution in [0.3, 0.4) is 0 Å². The molecule has 0 nitrogen and oxygen atoms in total. The second-order valence-electron chi connectivity index (χ2n) is 7.51. The first-order valence-electron chi connectivity index (χ1n) is 9.80. The molecule has 0 unspecified atom stereocenters. The van der Waals surface area contributed by atoms with Crippen LogP contribution in [0.2, 0.25) is 0 Å². The molecule has 5 aromatic carbocycles. The van der Waals surface area contributed by atoms with Crippen molar-refractivity contribution in [3.63, 3.8) is 0 Å². The minimum Gasteiger partial charge on any atom is -0.0622 e. The molecular formula is C28H22. The fourth-order valence-corrected chi connectivity index (χ4v) is 4.24. The van der Waals surface area contributed by atoms with Gasteiger partial charge < -0.3 is 0 Å². The number of aryl methyl sites for hydroxylation is 2. The highest BCUT2D eigenvalue weighted by molar-refractivity contribution is 6.21. The van der Waals surface area contributed by atoms with Gasteiger partial charge in [0.1, 0.15) is 0 Å². The lowest BCUT2D eigenvalue weighted by atomic mass is 9.84. The zero-order chi connectivity index (χ0) is 19.1. The third-order valence-electron chi connectivity index (χ3n) is 5.79. The molecule has 134 valence electrons. The Morgan fingerprint density at radius 1 is 0.393 bits per heavy atom. The quantitative estimate of drug-likeness (QED) is 0.281. The van der Waals surface area contributed by atoms with Crippen molar-refractivity contribution in [2.24, 2.45) is 0 Å². The van der Waals surface area contributed by atoms with E-state index < -0.39 is 0 Å². The van der Waals surface area contributed by atoms with E-state index in [9.17, 15) is 0 Å². The highest BCUT2D eigenvalue weighted by Crippen LogP contribution is 2.44. The molecule has 0 aliphatic rings. The Bertz CT molecular complexity index is 1310. The maximum absolute atomic E-state index is 2.33. The molecule has 5 rings (SSSR count). The maximum atomic E-state index is 2.33. The van der Waals surface area contributed by atoms with Gasteiger partial charge in [0, 0.05) is 0 Å². The van der Waals surface area contributed by atoms with Crippen molar-refractivity contribution in [1.82, 2.24) is 0 Å². The van der Waals surface area contributed by atoms with E-state index in [-0.39, 0.29) is 0 Å². The van der Waals surface area contributed by atoms with Crippen LogP contribution >= 0.6 is 0 Å². The van der Waals surface area contributed by atoms with E-state index in [4.69, 9.17) is 0 Å². The van der Waals surface area contributed by atoms with Gasteiger partial charge in [0.15, 0.2) is 0 Å². The Balaban J connectivity index is 2.03. The Morgan fingerprint density at radius 3 is 1.46 bits per heavy atom. The van der Waals surface area contributed by atoms with Gasteiger partial charge in [-0.05, 0) is 68.8 Å². The van der Waals surface area contributed by atoms with Crippen LogP contribution in [0.15, 0.2) is 97.1 Å². The molecule has 0 bridgehead atoms. The van der Waals surface area contributed by atoms with E-state index in [1.54, 1.807) is 0 Å². The lowest BCUT2D eigenvalue weighted by Crippen LogP contribution is -1.92. The maximum Gasteiger partial charge on any atom is -0.00202 e. The van der Waals surface area contributed by atoms with E-state index in [0.29, 0.717) is 0 Å². The molecule has 0 heteroatoms. The number of hydrogen-bond acceptors (Lipinski definition) is 0. The molecule has 0 radical (unpaired) electrons. The molecule has 0 aromatic heterocycles. The normalized spacial score (nSPS) is 11.2. The Kier molecular flexibility index (Phi) is 3.98. The standard InChI is InChI=1S/C28H22/c1-19-16-17-22(18-20(19)2)28-26-15-9-7-13-24(26)23-12-6-8-14-25(23)27(28)21-10-4-3-5-11-21/h3-18H,1-2H3. The molecule has 0 spiro atoms. The van der Waals surface area contributed by atoms with Gasteiger partial charge in [0.2, 0.25) is 0 Å². The molecule has 0 heterocycles. The second-order valence-corrected chi connectivity index (χ2v) is 7.51. The minimum absolute atomic E-state index is 1.26. The van der Waals surface area contributed by atoms with Crippen LogP contribution in [0.1, 0.15) is 11.1 Å². The van der Waals surface area contributed by atoms with Crippen molar-refractivity contribution >= 4 is 21.5 Å². The number of benzene rings is 5. The average molecular weight is 358 g/mol. The predicted molar refractivity (Wildman–Crippen MR) is 122 cm³/mol. The third-order valence-corrected chi connectivity index (χ3v) is 5.79. The van der Waals surface area contributed by atoms with Crippen LogP contribution in [0, 0.1) is 13.8 Å². The smallest absolute Gasteiger partial charge is 0.00202 e. The highest BCUT2D eigenvalue weighted by atomic mass is 14.2. The third kappa shape index (κ3) is 2.61. The molecule has 0 amide bonds. The van der Waals surface area contributed by atoms with Crippen LogP contribution < -0.4 is 0 Å². The van der Waals surface area contributed by atoms with E-state index >= 15 is 0 Å². The van der Waals surface area contributed by atoms with Gasteiger partial charge in [-0.1, -0.05) is 97.1 Å². The van der Waals surface area contributed by atoms with Crippen molar-refractivity contribution in [3.8, 4) is 22.3 Å². The van der Waals surface area contributed by atoms with Crippen LogP contribution in [-0.4, -0.2) is 0 Å². The van der Waals surface area contributed by atoms with Crippen molar-refractivity contribution in [2.75, 3.05) is 0 Å². The second kappa shape index (κ2) is 6.65. The number of fused-ring (bicyclic) bond motifs is 3. The summed E-state index contributed by atoms with van der Waals surface area (Å²) in [4.78, 5) is 0. The topological polar surface area (TPSA) is 0 Å². The summed E-state index contributed by atoms with van der Waals surface area (Å²) in [6.45, 7) is 4.37. The van der Waals surface area contributed by atoms with E-state index in [1.807, 2.05) is 0 Å². The fraction of sp³-hybridized carbons (Fsp3) is 0.0714. The van der Waals surface area contributed by atoms with Gasteiger partial charge >= 0.3 is 0 Å². The number of hydrogen-bond donors (Lipinski definition) is 0. The molecule has 0 atom stereocenters. The van der Waals surface area contributed by atoms with Crippen LogP contribution in [0.25, 0.3) is 43.8 Å². The molecule has 28 heavy (non-hydrogen) atoms. The Morgan fingerprint density at radius 2 is 0.893 bits per heavy atom. The van der Waals surface area contributed by atoms with Crippen molar-refractivity contribution in [1.29, 1.82) is 0 Å². The van der Waals surface area contributed by atoms with E-state index in [1.165, 1.54) is 54.9 Å². The van der Waals surface area contributed by atoms with Crippen molar-refractivity contribution in [3.05, 3.63) is 108 Å². The van der Waals surface area contributed by atoms with Gasteiger partial charge in [-0.3, -0.25) is 0 Å². The molecule has 5 aromatic rings. The minimum atomic E-state index is 1.26. The lowest BCUT2D eigenvalue weighted by molar-refractivity contribution is 1.34. The van der Waals surface area contributed by atoms with Gasteiger partial charge in [0.25, 0.3) is 0 Å². The molecular weight excluding hydrogens is 336 g/mol. The highest BCUT2D eigenvalue weighted by Gasteiger charge is 2.17. The summed E-state index contributed by atoms with van der Waals surface area (Å²) in [5, 5.41) is 5.24. The van der Waals surface area contributed by atoms with Gasteiger partial charge in [-0.15, -0.1) is 0 Å². The lowest BCUT2D eigenvalue weighted by Gasteiger charge is -2.19. The van der Waals surface area contributed by atoms with E-state index in [2.05, 4.69) is 111 Å². The van der Waals surface area contributed by atoms with Gasteiger partial charge in [0.05, 0.1) is 0 Å². The average Bonchev–Trinajstić information content (AvgIpc) is 2.75. The molecule has 0 fully saturated rings. The summed E-state index contributed by atoms with van der Waals surface area (Å²) in [5.41, 5.74) is 7.84. The van der Waals surface area contributed by atoms with Gasteiger partial charge in [-0.2, -0.15) is 0 Å². The van der Waals surface area contributed by atoms with Crippen LogP contribution in [-0.2, 0) is 0 Å². The fourth-order valence-electron chi connectivity index (χ4n) is 4.24. The first-order valence-corrected chi connectivity index (χ1v) is 9.80. The zero-order valence-electron chi connectivity index (χ0n) is 16.2. The predicted octanol–water partition coefficient (Wildman–Crippen LogP) is 7.94. The summed E-state index contributed by atoms with van der Waals surface area (Å²) in [6.07, 6.45) is 0. The molecule has 0 saturated heterocycles. The van der Waals surface area contributed by atoms with E-state index in [0.717, 1.165) is 0 Å². The summed E-state index contributed by atoms with van der Waals surface area (Å²) >= 11 is 0. The van der Waals surface area contributed by atoms with Crippen molar-refractivity contribution < 1.29 is 0 Å². The summed E-state index contributed by atoms with van der Waals surface area (Å²) < 4.78 is 0. The van der Waals surface area contributed by atoms with Crippen molar-refractivity contribution in [2.45, 2.75) is 13.8 Å². The van der Waals surface area contributed by atoms with Crippen LogP contribution in [0.5, 0.6) is 0 Å². The molecule has 0 aliphatic heterocycles. The monoisotopic (exact) mass is 358 g/mol. The first-order chi connectivity index (χ1) is 13.7. The molecule has 0 N–H and O–H groups in total. The SMILES string of the molecule is Cc1ccc(-c2c(-c3ccccc3)c3ccccc3c3ccccc23)cc1C. The zero-order valence-corrected chi connectivity index (χ0v) is 16.2. The summed E-state index contributed by atoms with van der Waals surface area (Å²) in [5.74, 6) is 0. The molecule has 0 aliphatic carbocycles. The summed E-state index contributed by atoms with van der Waals surface area (Å²) in [7, 11) is 0. The molecule has 0 saturated carbocycles. The summed E-state index contributed by atoms with van der Waals surface area (Å²) in [6, 6.07) is 35.2. The van der Waals surface area contributed by atoms with Crippen LogP contribution in [0.4, 0.5) is 0 Å². The first kappa shape index (κ1) is 16.8. The van der Waals surface area contributed by atoms with Gasteiger partial charge in [-0.25, -0.2) is 0 Å².